The van der Waals surface area contributed by atoms with Crippen LogP contribution in [0.4, 0.5) is 0 Å². The summed E-state index contributed by atoms with van der Waals surface area (Å²) >= 11 is 0. The fourth-order valence-electron chi connectivity index (χ4n) is 2.37. The number of hydrogen-bond acceptors (Lipinski definition) is 3. The van der Waals surface area contributed by atoms with Gasteiger partial charge in [0.25, 0.3) is 0 Å². The molecule has 3 nitrogen and oxygen atoms in total. The summed E-state index contributed by atoms with van der Waals surface area (Å²) in [6, 6.07) is 4.55. The summed E-state index contributed by atoms with van der Waals surface area (Å²) in [5.41, 5.74) is 0. The summed E-state index contributed by atoms with van der Waals surface area (Å²) in [4.78, 5) is 2.54. The van der Waals surface area contributed by atoms with Crippen LogP contribution in [0.1, 0.15) is 32.1 Å². The van der Waals surface area contributed by atoms with E-state index >= 15 is 0 Å². The molecular formula is C13H22N2O. The highest BCUT2D eigenvalue weighted by Gasteiger charge is 2.24. The SMILES string of the molecule is CC(C)C[C@@H](c1ccco1)N1CCNCC1. The van der Waals surface area contributed by atoms with E-state index < -0.39 is 0 Å². The van der Waals surface area contributed by atoms with Crippen LogP contribution in [-0.4, -0.2) is 31.1 Å². The molecule has 1 fully saturated rings. The maximum absolute atomic E-state index is 5.59. The molecule has 1 aromatic heterocycles. The summed E-state index contributed by atoms with van der Waals surface area (Å²) in [7, 11) is 0. The van der Waals surface area contributed by atoms with Gasteiger partial charge in [0.1, 0.15) is 5.76 Å². The van der Waals surface area contributed by atoms with Gasteiger partial charge >= 0.3 is 0 Å². The van der Waals surface area contributed by atoms with Crippen molar-refractivity contribution in [3.05, 3.63) is 24.2 Å². The largest absolute Gasteiger partial charge is 0.468 e. The standard InChI is InChI=1S/C13H22N2O/c1-11(2)10-12(13-4-3-9-16-13)15-7-5-14-6-8-15/h3-4,9,11-12,14H,5-8,10H2,1-2H3/t12-/m0/s1. The zero-order valence-electron chi connectivity index (χ0n) is 10.3. The molecular weight excluding hydrogens is 200 g/mol. The molecule has 3 heteroatoms. The third kappa shape index (κ3) is 2.86. The van der Waals surface area contributed by atoms with Gasteiger partial charge in [-0.2, -0.15) is 0 Å². The Morgan fingerprint density at radius 1 is 1.38 bits per heavy atom. The van der Waals surface area contributed by atoms with Crippen molar-refractivity contribution in [3.8, 4) is 0 Å². The molecule has 1 N–H and O–H groups in total. The lowest BCUT2D eigenvalue weighted by atomic mass is 10.00. The summed E-state index contributed by atoms with van der Waals surface area (Å²) in [6.07, 6.45) is 2.96. The monoisotopic (exact) mass is 222 g/mol. The Morgan fingerprint density at radius 2 is 2.12 bits per heavy atom. The fourth-order valence-corrected chi connectivity index (χ4v) is 2.37. The Kier molecular flexibility index (Phi) is 4.02. The molecule has 0 saturated carbocycles. The van der Waals surface area contributed by atoms with Gasteiger partial charge in [-0.15, -0.1) is 0 Å². The molecule has 0 spiro atoms. The van der Waals surface area contributed by atoms with Crippen LogP contribution in [0.15, 0.2) is 22.8 Å². The first-order valence-electron chi connectivity index (χ1n) is 6.25. The number of nitrogens with one attached hydrogen (secondary N) is 1. The first kappa shape index (κ1) is 11.7. The first-order chi connectivity index (χ1) is 7.77. The van der Waals surface area contributed by atoms with Gasteiger partial charge in [0.05, 0.1) is 12.3 Å². The maximum atomic E-state index is 5.59. The Morgan fingerprint density at radius 3 is 2.69 bits per heavy atom. The summed E-state index contributed by atoms with van der Waals surface area (Å²) in [6.45, 7) is 8.98. The minimum atomic E-state index is 0.456. The quantitative estimate of drug-likeness (QED) is 0.847. The molecule has 0 amide bonds. The average Bonchev–Trinajstić information content (AvgIpc) is 2.80. The minimum absolute atomic E-state index is 0.456. The van der Waals surface area contributed by atoms with E-state index in [1.165, 1.54) is 6.42 Å². The van der Waals surface area contributed by atoms with Gasteiger partial charge in [-0.1, -0.05) is 13.8 Å². The Labute approximate surface area is 97.8 Å². The van der Waals surface area contributed by atoms with Gasteiger partial charge in [-0.25, -0.2) is 0 Å². The second-order valence-electron chi connectivity index (χ2n) is 4.95. The van der Waals surface area contributed by atoms with E-state index in [4.69, 9.17) is 4.42 Å². The molecule has 1 aromatic rings. The van der Waals surface area contributed by atoms with E-state index in [1.807, 2.05) is 6.07 Å². The van der Waals surface area contributed by atoms with Crippen molar-refractivity contribution in [3.63, 3.8) is 0 Å². The fraction of sp³-hybridized carbons (Fsp3) is 0.692. The van der Waals surface area contributed by atoms with Gasteiger partial charge in [-0.05, 0) is 24.5 Å². The molecule has 0 aliphatic carbocycles. The molecule has 1 saturated heterocycles. The van der Waals surface area contributed by atoms with E-state index in [0.29, 0.717) is 12.0 Å². The number of piperazine rings is 1. The van der Waals surface area contributed by atoms with E-state index in [0.717, 1.165) is 31.9 Å². The molecule has 2 heterocycles. The smallest absolute Gasteiger partial charge is 0.120 e. The van der Waals surface area contributed by atoms with Crippen molar-refractivity contribution >= 4 is 0 Å². The van der Waals surface area contributed by atoms with Crippen LogP contribution < -0.4 is 5.32 Å². The highest BCUT2D eigenvalue weighted by Crippen LogP contribution is 2.28. The number of rotatable bonds is 4. The molecule has 1 aliphatic rings. The highest BCUT2D eigenvalue weighted by atomic mass is 16.3. The van der Waals surface area contributed by atoms with E-state index in [9.17, 15) is 0 Å². The predicted octanol–water partition coefficient (Wildman–Crippen LogP) is 2.27. The lowest BCUT2D eigenvalue weighted by molar-refractivity contribution is 0.136. The lowest BCUT2D eigenvalue weighted by Crippen LogP contribution is -2.45. The molecule has 90 valence electrons. The van der Waals surface area contributed by atoms with Crippen molar-refractivity contribution < 1.29 is 4.42 Å². The normalized spacial score (nSPS) is 20.2. The minimum Gasteiger partial charge on any atom is -0.468 e. The second-order valence-corrected chi connectivity index (χ2v) is 4.95. The molecule has 0 bridgehead atoms. The van der Waals surface area contributed by atoms with Crippen molar-refractivity contribution in [2.75, 3.05) is 26.2 Å². The van der Waals surface area contributed by atoms with Gasteiger partial charge in [-0.3, -0.25) is 4.90 Å². The van der Waals surface area contributed by atoms with Gasteiger partial charge in [0.2, 0.25) is 0 Å². The maximum Gasteiger partial charge on any atom is 0.120 e. The topological polar surface area (TPSA) is 28.4 Å². The molecule has 1 aliphatic heterocycles. The van der Waals surface area contributed by atoms with Crippen LogP contribution in [0.2, 0.25) is 0 Å². The van der Waals surface area contributed by atoms with Crippen LogP contribution in [0.3, 0.4) is 0 Å². The van der Waals surface area contributed by atoms with Crippen molar-refractivity contribution in [1.82, 2.24) is 10.2 Å². The van der Waals surface area contributed by atoms with Crippen LogP contribution in [-0.2, 0) is 0 Å². The van der Waals surface area contributed by atoms with Crippen LogP contribution in [0.25, 0.3) is 0 Å². The molecule has 2 rings (SSSR count). The third-order valence-corrected chi connectivity index (χ3v) is 3.16. The first-order valence-corrected chi connectivity index (χ1v) is 6.25. The average molecular weight is 222 g/mol. The highest BCUT2D eigenvalue weighted by molar-refractivity contribution is 5.05. The molecule has 0 radical (unpaired) electrons. The molecule has 16 heavy (non-hydrogen) atoms. The van der Waals surface area contributed by atoms with Crippen molar-refractivity contribution in [2.45, 2.75) is 26.3 Å². The summed E-state index contributed by atoms with van der Waals surface area (Å²) in [5, 5.41) is 3.40. The Bertz CT molecular complexity index is 289. The Balaban J connectivity index is 2.07. The molecule has 1 atom stereocenters. The van der Waals surface area contributed by atoms with E-state index in [-0.39, 0.29) is 0 Å². The Hall–Kier alpha value is -0.800. The second kappa shape index (κ2) is 5.51. The van der Waals surface area contributed by atoms with Crippen molar-refractivity contribution in [1.29, 1.82) is 0 Å². The van der Waals surface area contributed by atoms with Crippen LogP contribution >= 0.6 is 0 Å². The predicted molar refractivity (Wildman–Crippen MR) is 65.3 cm³/mol. The van der Waals surface area contributed by atoms with Gasteiger partial charge < -0.3 is 9.73 Å². The third-order valence-electron chi connectivity index (χ3n) is 3.16. The number of nitrogens with zero attached hydrogens (tertiary/aromatic N) is 1. The zero-order valence-corrected chi connectivity index (χ0v) is 10.3. The van der Waals surface area contributed by atoms with E-state index in [1.54, 1.807) is 6.26 Å². The van der Waals surface area contributed by atoms with Crippen molar-refractivity contribution in [2.24, 2.45) is 5.92 Å². The van der Waals surface area contributed by atoms with Gasteiger partial charge in [0, 0.05) is 26.2 Å². The number of furan rings is 1. The lowest BCUT2D eigenvalue weighted by Gasteiger charge is -2.34. The van der Waals surface area contributed by atoms with Gasteiger partial charge in [0.15, 0.2) is 0 Å². The number of hydrogen-bond donors (Lipinski definition) is 1. The summed E-state index contributed by atoms with van der Waals surface area (Å²) in [5.74, 6) is 1.82. The zero-order chi connectivity index (χ0) is 11.4. The summed E-state index contributed by atoms with van der Waals surface area (Å²) < 4.78 is 5.59. The van der Waals surface area contributed by atoms with E-state index in [2.05, 4.69) is 30.1 Å². The molecule has 0 unspecified atom stereocenters. The van der Waals surface area contributed by atoms with Crippen LogP contribution in [0.5, 0.6) is 0 Å². The molecule has 0 aromatic carbocycles. The van der Waals surface area contributed by atoms with Crippen LogP contribution in [0, 0.1) is 5.92 Å².